The van der Waals surface area contributed by atoms with Crippen molar-refractivity contribution in [3.05, 3.63) is 0 Å². The summed E-state index contributed by atoms with van der Waals surface area (Å²) in [5, 5.41) is 0. The fourth-order valence-corrected chi connectivity index (χ4v) is 3.03. The third-order valence-corrected chi connectivity index (χ3v) is 4.07. The molecule has 1 atom stereocenters. The lowest BCUT2D eigenvalue weighted by Crippen LogP contribution is -2.36. The minimum absolute atomic E-state index is 0.547. The number of hydrogen-bond donors (Lipinski definition) is 0. The maximum atomic E-state index is 5.35. The van der Waals surface area contributed by atoms with E-state index in [2.05, 4.69) is 11.8 Å². The number of ether oxygens (including phenoxy) is 1. The summed E-state index contributed by atoms with van der Waals surface area (Å²) in [5.74, 6) is 0. The number of rotatable bonds is 6. The molecule has 0 radical (unpaired) electrons. The van der Waals surface area contributed by atoms with Crippen molar-refractivity contribution in [2.24, 2.45) is 5.41 Å². The molecule has 0 aromatic rings. The fourth-order valence-electron chi connectivity index (χ4n) is 3.03. The van der Waals surface area contributed by atoms with Gasteiger partial charge in [-0.2, -0.15) is 0 Å². The molecule has 17 heavy (non-hydrogen) atoms. The summed E-state index contributed by atoms with van der Waals surface area (Å²) < 4.78 is 5.35. The van der Waals surface area contributed by atoms with Gasteiger partial charge in [-0.15, -0.1) is 0 Å². The molecule has 0 spiro atoms. The molecule has 1 heterocycles. The van der Waals surface area contributed by atoms with Gasteiger partial charge in [0.15, 0.2) is 0 Å². The van der Waals surface area contributed by atoms with Gasteiger partial charge in [0.05, 0.1) is 6.61 Å². The van der Waals surface area contributed by atoms with Gasteiger partial charge in [-0.25, -0.2) is 0 Å². The normalized spacial score (nSPS) is 26.5. The molecule has 1 saturated heterocycles. The quantitative estimate of drug-likeness (QED) is 0.703. The zero-order valence-corrected chi connectivity index (χ0v) is 12.3. The van der Waals surface area contributed by atoms with E-state index in [1.165, 1.54) is 51.6 Å². The Bertz CT molecular complexity index is 201. The van der Waals surface area contributed by atoms with Crippen molar-refractivity contribution in [2.75, 3.05) is 26.8 Å². The van der Waals surface area contributed by atoms with Crippen molar-refractivity contribution in [3.63, 3.8) is 0 Å². The lowest BCUT2D eigenvalue weighted by atomic mass is 10.1. The second-order valence-corrected chi connectivity index (χ2v) is 5.49. The first-order valence-electron chi connectivity index (χ1n) is 7.53. The molecule has 1 aliphatic heterocycles. The molecule has 0 aromatic carbocycles. The van der Waals surface area contributed by atoms with E-state index in [0.717, 1.165) is 12.6 Å². The summed E-state index contributed by atoms with van der Waals surface area (Å²) in [4.78, 5) is 2.73. The number of methoxy groups -OCH3 is 1. The van der Waals surface area contributed by atoms with Crippen molar-refractivity contribution in [3.8, 4) is 0 Å². The zero-order chi connectivity index (χ0) is 12.7. The predicted molar refractivity (Wildman–Crippen MR) is 74.4 cm³/mol. The van der Waals surface area contributed by atoms with Crippen molar-refractivity contribution in [1.29, 1.82) is 0 Å². The standard InChI is InChI=1S/C13H25NO.C2H6/c1-3-5-12-6-4-9-14(12)10-13(7-8-13)11-15-2;1-2/h12H,3-11H2,1-2H3;1-2H3. The third kappa shape index (κ3) is 4.26. The van der Waals surface area contributed by atoms with E-state index in [4.69, 9.17) is 4.74 Å². The second-order valence-electron chi connectivity index (χ2n) is 5.49. The van der Waals surface area contributed by atoms with Crippen LogP contribution in [0.3, 0.4) is 0 Å². The largest absolute Gasteiger partial charge is 0.384 e. The molecule has 2 nitrogen and oxygen atoms in total. The Hall–Kier alpha value is -0.0800. The molecule has 2 fully saturated rings. The molecule has 0 aromatic heterocycles. The SMILES string of the molecule is CC.CCCC1CCCN1CC1(COC)CC1. The Kier molecular flexibility index (Phi) is 6.50. The monoisotopic (exact) mass is 241 g/mol. The fraction of sp³-hybridized carbons (Fsp3) is 1.00. The van der Waals surface area contributed by atoms with Gasteiger partial charge in [-0.1, -0.05) is 27.2 Å². The van der Waals surface area contributed by atoms with Crippen LogP contribution in [0, 0.1) is 5.41 Å². The molecule has 2 rings (SSSR count). The first kappa shape index (κ1) is 15.0. The van der Waals surface area contributed by atoms with E-state index in [-0.39, 0.29) is 0 Å². The van der Waals surface area contributed by atoms with E-state index in [9.17, 15) is 0 Å². The molecule has 2 aliphatic rings. The summed E-state index contributed by atoms with van der Waals surface area (Å²) in [6, 6.07) is 0.879. The van der Waals surface area contributed by atoms with Gasteiger partial charge in [-0.3, -0.25) is 4.90 Å². The van der Waals surface area contributed by atoms with E-state index in [1.54, 1.807) is 0 Å². The van der Waals surface area contributed by atoms with Gasteiger partial charge < -0.3 is 4.74 Å². The molecule has 1 aliphatic carbocycles. The lowest BCUT2D eigenvalue weighted by Gasteiger charge is -2.28. The van der Waals surface area contributed by atoms with Crippen LogP contribution >= 0.6 is 0 Å². The molecule has 0 N–H and O–H groups in total. The van der Waals surface area contributed by atoms with Crippen molar-refractivity contribution < 1.29 is 4.74 Å². The van der Waals surface area contributed by atoms with Crippen LogP contribution in [0.15, 0.2) is 0 Å². The minimum atomic E-state index is 0.547. The van der Waals surface area contributed by atoms with Gasteiger partial charge in [-0.05, 0) is 38.6 Å². The van der Waals surface area contributed by atoms with E-state index in [0.29, 0.717) is 5.41 Å². The van der Waals surface area contributed by atoms with E-state index < -0.39 is 0 Å². The summed E-state index contributed by atoms with van der Waals surface area (Å²) in [6.07, 6.45) is 8.33. The Labute approximate surface area is 108 Å². The molecule has 102 valence electrons. The first-order valence-corrected chi connectivity index (χ1v) is 7.53. The van der Waals surface area contributed by atoms with Crippen molar-refractivity contribution in [2.45, 2.75) is 65.3 Å². The second kappa shape index (κ2) is 7.38. The van der Waals surface area contributed by atoms with Gasteiger partial charge >= 0.3 is 0 Å². The van der Waals surface area contributed by atoms with Gasteiger partial charge in [0.1, 0.15) is 0 Å². The van der Waals surface area contributed by atoms with Crippen LogP contribution in [0.25, 0.3) is 0 Å². The highest BCUT2D eigenvalue weighted by Crippen LogP contribution is 2.47. The van der Waals surface area contributed by atoms with Gasteiger partial charge in [0.25, 0.3) is 0 Å². The number of nitrogens with zero attached hydrogens (tertiary/aromatic N) is 1. The van der Waals surface area contributed by atoms with Crippen LogP contribution in [0.2, 0.25) is 0 Å². The first-order chi connectivity index (χ1) is 8.29. The van der Waals surface area contributed by atoms with Gasteiger partial charge in [0.2, 0.25) is 0 Å². The Morgan fingerprint density at radius 3 is 2.53 bits per heavy atom. The maximum absolute atomic E-state index is 5.35. The summed E-state index contributed by atoms with van der Waals surface area (Å²) in [5.41, 5.74) is 0.547. The van der Waals surface area contributed by atoms with Crippen LogP contribution < -0.4 is 0 Å². The summed E-state index contributed by atoms with van der Waals surface area (Å²) >= 11 is 0. The average Bonchev–Trinajstić information content (AvgIpc) is 2.96. The van der Waals surface area contributed by atoms with Gasteiger partial charge in [0, 0.05) is 25.1 Å². The third-order valence-electron chi connectivity index (χ3n) is 4.07. The molecule has 0 bridgehead atoms. The Morgan fingerprint density at radius 1 is 1.29 bits per heavy atom. The smallest absolute Gasteiger partial charge is 0.0530 e. The molecule has 2 heteroatoms. The number of likely N-dealkylation sites (tertiary alicyclic amines) is 1. The summed E-state index contributed by atoms with van der Waals surface area (Å²) in [7, 11) is 1.84. The summed E-state index contributed by atoms with van der Waals surface area (Å²) in [6.45, 7) is 9.91. The number of hydrogen-bond acceptors (Lipinski definition) is 2. The van der Waals surface area contributed by atoms with Crippen molar-refractivity contribution in [1.82, 2.24) is 4.90 Å². The van der Waals surface area contributed by atoms with Crippen LogP contribution in [0.5, 0.6) is 0 Å². The molecular weight excluding hydrogens is 210 g/mol. The Morgan fingerprint density at radius 2 is 2.00 bits per heavy atom. The molecule has 0 amide bonds. The predicted octanol–water partition coefficient (Wildman–Crippen LogP) is 3.70. The lowest BCUT2D eigenvalue weighted by molar-refractivity contribution is 0.101. The zero-order valence-electron chi connectivity index (χ0n) is 12.3. The highest BCUT2D eigenvalue weighted by atomic mass is 16.5. The maximum Gasteiger partial charge on any atom is 0.0530 e. The highest BCUT2D eigenvalue weighted by molar-refractivity contribution is 4.97. The Balaban J connectivity index is 0.000000686. The van der Waals surface area contributed by atoms with E-state index in [1.807, 2.05) is 21.0 Å². The van der Waals surface area contributed by atoms with Crippen LogP contribution in [0.1, 0.15) is 59.3 Å². The highest BCUT2D eigenvalue weighted by Gasteiger charge is 2.45. The molecular formula is C15H31NO. The van der Waals surface area contributed by atoms with Crippen LogP contribution in [0.4, 0.5) is 0 Å². The van der Waals surface area contributed by atoms with Crippen LogP contribution in [-0.4, -0.2) is 37.7 Å². The average molecular weight is 241 g/mol. The minimum Gasteiger partial charge on any atom is -0.384 e. The molecule has 1 unspecified atom stereocenters. The van der Waals surface area contributed by atoms with Crippen LogP contribution in [-0.2, 0) is 4.74 Å². The molecule has 1 saturated carbocycles. The van der Waals surface area contributed by atoms with E-state index >= 15 is 0 Å². The van der Waals surface area contributed by atoms with Crippen molar-refractivity contribution >= 4 is 0 Å². The topological polar surface area (TPSA) is 12.5 Å².